The maximum Gasteiger partial charge on any atom is 0.344 e. The minimum absolute atomic E-state index is 0.0356. The number of nitrogens with one attached hydrogen (secondary N) is 1. The topological polar surface area (TPSA) is 59.3 Å². The lowest BCUT2D eigenvalue weighted by molar-refractivity contribution is 0.0994. The lowest BCUT2D eigenvalue weighted by Crippen LogP contribution is -2.17. The molecule has 1 aromatic heterocycles. The van der Waals surface area contributed by atoms with Crippen molar-refractivity contribution in [2.75, 3.05) is 5.32 Å². The van der Waals surface area contributed by atoms with Crippen LogP contribution in [0.25, 0.3) is 21.9 Å². The summed E-state index contributed by atoms with van der Waals surface area (Å²) in [6.45, 7) is 1.88. The van der Waals surface area contributed by atoms with Gasteiger partial charge in [-0.05, 0) is 36.2 Å². The van der Waals surface area contributed by atoms with Gasteiger partial charge in [-0.25, -0.2) is 4.79 Å². The van der Waals surface area contributed by atoms with E-state index in [2.05, 4.69) is 5.32 Å². The van der Waals surface area contributed by atoms with E-state index in [9.17, 15) is 9.59 Å². The molecule has 28 heavy (non-hydrogen) atoms. The van der Waals surface area contributed by atoms with Crippen molar-refractivity contribution >= 4 is 34.0 Å². The average molecular weight is 390 g/mol. The molecule has 1 heterocycles. The van der Waals surface area contributed by atoms with Gasteiger partial charge in [-0.15, -0.1) is 0 Å². The third kappa shape index (κ3) is 3.30. The second-order valence-corrected chi connectivity index (χ2v) is 6.83. The second-order valence-electron chi connectivity index (χ2n) is 6.42. The van der Waals surface area contributed by atoms with Crippen molar-refractivity contribution < 1.29 is 9.21 Å². The van der Waals surface area contributed by atoms with Crippen LogP contribution in [0.4, 0.5) is 5.69 Å². The van der Waals surface area contributed by atoms with Gasteiger partial charge >= 0.3 is 5.63 Å². The molecule has 138 valence electrons. The van der Waals surface area contributed by atoms with Gasteiger partial charge in [0.25, 0.3) is 5.91 Å². The summed E-state index contributed by atoms with van der Waals surface area (Å²) in [5, 5.41) is 4.41. The van der Waals surface area contributed by atoms with E-state index < -0.39 is 11.5 Å². The lowest BCUT2D eigenvalue weighted by Gasteiger charge is -2.12. The number of carbonyl (C=O) groups excluding carboxylic acids is 1. The van der Waals surface area contributed by atoms with E-state index in [0.29, 0.717) is 27.0 Å². The number of fused-ring (bicyclic) bond motifs is 1. The molecule has 0 unspecified atom stereocenters. The largest absolute Gasteiger partial charge is 0.416 e. The molecule has 0 aliphatic rings. The summed E-state index contributed by atoms with van der Waals surface area (Å²) in [6, 6.07) is 21.7. The molecule has 0 spiro atoms. The predicted molar refractivity (Wildman–Crippen MR) is 112 cm³/mol. The number of halogens is 1. The Morgan fingerprint density at radius 1 is 0.929 bits per heavy atom. The van der Waals surface area contributed by atoms with Crippen molar-refractivity contribution in [1.29, 1.82) is 0 Å². The van der Waals surface area contributed by atoms with Crippen LogP contribution in [0.15, 0.2) is 82.0 Å². The van der Waals surface area contributed by atoms with E-state index >= 15 is 0 Å². The SMILES string of the molecule is Cc1ccc(NC(=O)c2oc(=O)c3ccccc3c2-c2ccccc2)cc1Cl. The van der Waals surface area contributed by atoms with Crippen molar-refractivity contribution in [1.82, 2.24) is 0 Å². The molecule has 4 rings (SSSR count). The van der Waals surface area contributed by atoms with Gasteiger partial charge in [0, 0.05) is 21.7 Å². The summed E-state index contributed by atoms with van der Waals surface area (Å²) in [5.74, 6) is -0.548. The molecule has 1 amide bonds. The number of anilines is 1. The minimum atomic E-state index is -0.553. The molecule has 0 aliphatic heterocycles. The zero-order valence-corrected chi connectivity index (χ0v) is 15.8. The highest BCUT2D eigenvalue weighted by Crippen LogP contribution is 2.31. The molecule has 0 atom stereocenters. The van der Waals surface area contributed by atoms with E-state index in [1.54, 1.807) is 24.3 Å². The van der Waals surface area contributed by atoms with E-state index in [4.69, 9.17) is 16.0 Å². The maximum absolute atomic E-state index is 13.0. The summed E-state index contributed by atoms with van der Waals surface area (Å²) in [6.07, 6.45) is 0. The Labute approximate surface area is 166 Å². The molecule has 3 aromatic carbocycles. The van der Waals surface area contributed by atoms with Gasteiger partial charge in [-0.2, -0.15) is 0 Å². The highest BCUT2D eigenvalue weighted by Gasteiger charge is 2.21. The van der Waals surface area contributed by atoms with Crippen LogP contribution in [0.3, 0.4) is 0 Å². The molecule has 0 radical (unpaired) electrons. The van der Waals surface area contributed by atoms with Crippen LogP contribution in [0.5, 0.6) is 0 Å². The van der Waals surface area contributed by atoms with Crippen LogP contribution >= 0.6 is 11.6 Å². The fourth-order valence-corrected chi connectivity index (χ4v) is 3.29. The molecular weight excluding hydrogens is 374 g/mol. The zero-order valence-electron chi connectivity index (χ0n) is 15.0. The fraction of sp³-hybridized carbons (Fsp3) is 0.0435. The van der Waals surface area contributed by atoms with Gasteiger partial charge in [-0.1, -0.05) is 66.2 Å². The smallest absolute Gasteiger partial charge is 0.344 e. The van der Waals surface area contributed by atoms with Gasteiger partial charge in [0.15, 0.2) is 0 Å². The Kier molecular flexibility index (Phi) is 4.72. The number of hydrogen-bond acceptors (Lipinski definition) is 3. The van der Waals surface area contributed by atoms with Crippen molar-refractivity contribution in [3.05, 3.63) is 99.6 Å². The third-order valence-corrected chi connectivity index (χ3v) is 4.94. The Bertz CT molecular complexity index is 1250. The van der Waals surface area contributed by atoms with Crippen LogP contribution < -0.4 is 10.9 Å². The summed E-state index contributed by atoms with van der Waals surface area (Å²) >= 11 is 6.15. The highest BCUT2D eigenvalue weighted by molar-refractivity contribution is 6.31. The average Bonchev–Trinajstić information content (AvgIpc) is 2.71. The minimum Gasteiger partial charge on any atom is -0.416 e. The van der Waals surface area contributed by atoms with Gasteiger partial charge in [0.1, 0.15) is 0 Å². The maximum atomic E-state index is 13.0. The van der Waals surface area contributed by atoms with E-state index in [0.717, 1.165) is 11.1 Å². The lowest BCUT2D eigenvalue weighted by atomic mass is 9.98. The molecular formula is C23H16ClNO3. The molecule has 5 heteroatoms. The number of benzene rings is 3. The molecule has 0 fully saturated rings. The Morgan fingerprint density at radius 2 is 1.61 bits per heavy atom. The fourth-order valence-electron chi connectivity index (χ4n) is 3.11. The number of rotatable bonds is 3. The summed E-state index contributed by atoms with van der Waals surface area (Å²) in [5.41, 5.74) is 2.24. The van der Waals surface area contributed by atoms with Crippen molar-refractivity contribution in [3.8, 4) is 11.1 Å². The molecule has 1 N–H and O–H groups in total. The zero-order chi connectivity index (χ0) is 19.7. The first-order chi connectivity index (χ1) is 13.5. The van der Waals surface area contributed by atoms with Crippen LogP contribution in [-0.4, -0.2) is 5.91 Å². The first-order valence-corrected chi connectivity index (χ1v) is 9.11. The number of carbonyl (C=O) groups is 1. The molecule has 4 aromatic rings. The standard InChI is InChI=1S/C23H16ClNO3/c1-14-11-12-16(13-19(14)24)25-22(26)21-20(15-7-3-2-4-8-15)17-9-5-6-10-18(17)23(27)28-21/h2-13H,1H3,(H,25,26). The van der Waals surface area contributed by atoms with Crippen LogP contribution in [0, 0.1) is 6.92 Å². The van der Waals surface area contributed by atoms with Gasteiger partial charge in [0.05, 0.1) is 5.39 Å². The highest BCUT2D eigenvalue weighted by atomic mass is 35.5. The monoisotopic (exact) mass is 389 g/mol. The Balaban J connectivity index is 1.89. The van der Waals surface area contributed by atoms with Gasteiger partial charge in [-0.3, -0.25) is 4.79 Å². The van der Waals surface area contributed by atoms with E-state index in [1.807, 2.05) is 55.5 Å². The number of hydrogen-bond donors (Lipinski definition) is 1. The molecule has 0 saturated heterocycles. The first-order valence-electron chi connectivity index (χ1n) is 8.73. The Morgan fingerprint density at radius 3 is 2.32 bits per heavy atom. The quantitative estimate of drug-likeness (QED) is 0.490. The summed E-state index contributed by atoms with van der Waals surface area (Å²) < 4.78 is 5.46. The van der Waals surface area contributed by atoms with E-state index in [-0.39, 0.29) is 5.76 Å². The first kappa shape index (κ1) is 18.0. The normalized spacial score (nSPS) is 10.8. The van der Waals surface area contributed by atoms with Crippen LogP contribution in [0.1, 0.15) is 16.1 Å². The van der Waals surface area contributed by atoms with E-state index in [1.165, 1.54) is 0 Å². The molecule has 0 aliphatic carbocycles. The summed E-state index contributed by atoms with van der Waals surface area (Å²) in [7, 11) is 0. The second kappa shape index (κ2) is 7.33. The molecule has 0 bridgehead atoms. The molecule has 0 saturated carbocycles. The number of aryl methyl sites for hydroxylation is 1. The van der Waals surface area contributed by atoms with Gasteiger partial charge < -0.3 is 9.73 Å². The van der Waals surface area contributed by atoms with Crippen molar-refractivity contribution in [3.63, 3.8) is 0 Å². The van der Waals surface area contributed by atoms with Crippen LogP contribution in [0.2, 0.25) is 5.02 Å². The third-order valence-electron chi connectivity index (χ3n) is 4.54. The van der Waals surface area contributed by atoms with Crippen molar-refractivity contribution in [2.45, 2.75) is 6.92 Å². The van der Waals surface area contributed by atoms with Crippen LogP contribution in [-0.2, 0) is 0 Å². The Hall–Kier alpha value is -3.37. The van der Waals surface area contributed by atoms with Crippen molar-refractivity contribution in [2.24, 2.45) is 0 Å². The number of amides is 1. The van der Waals surface area contributed by atoms with Gasteiger partial charge in [0.2, 0.25) is 5.76 Å². The molecule has 4 nitrogen and oxygen atoms in total. The summed E-state index contributed by atoms with van der Waals surface area (Å²) in [4.78, 5) is 25.5. The predicted octanol–water partition coefficient (Wildman–Crippen LogP) is 5.67.